The third-order valence-electron chi connectivity index (χ3n) is 6.92. The van der Waals surface area contributed by atoms with Crippen LogP contribution < -0.4 is 10.1 Å². The minimum atomic E-state index is -1.01. The molecule has 4 rings (SSSR count). The molecule has 0 radical (unpaired) electrons. The number of piperidine rings is 2. The molecular weight excluding hydrogens is 506 g/mol. The van der Waals surface area contributed by atoms with Crippen molar-refractivity contribution < 1.29 is 38.2 Å². The number of nitrogens with zero attached hydrogens (tertiary/aromatic N) is 2. The van der Waals surface area contributed by atoms with E-state index in [1.807, 2.05) is 20.8 Å². The molecule has 1 atom stereocenters. The van der Waals surface area contributed by atoms with E-state index in [2.05, 4.69) is 5.32 Å². The van der Waals surface area contributed by atoms with Crippen LogP contribution in [0.15, 0.2) is 18.2 Å². The van der Waals surface area contributed by atoms with E-state index in [1.165, 1.54) is 0 Å². The summed E-state index contributed by atoms with van der Waals surface area (Å²) in [6.45, 7) is 7.80. The molecule has 1 unspecified atom stereocenters. The number of carbonyl (C=O) groups excluding carboxylic acids is 5. The van der Waals surface area contributed by atoms with E-state index in [4.69, 9.17) is 14.2 Å². The van der Waals surface area contributed by atoms with Crippen molar-refractivity contribution in [3.63, 3.8) is 0 Å². The zero-order chi connectivity index (χ0) is 28.2. The van der Waals surface area contributed by atoms with Crippen LogP contribution in [-0.4, -0.2) is 83.6 Å². The molecule has 1 aromatic rings. The zero-order valence-corrected chi connectivity index (χ0v) is 22.8. The monoisotopic (exact) mass is 543 g/mol. The van der Waals surface area contributed by atoms with Crippen molar-refractivity contribution in [2.45, 2.75) is 83.5 Å². The Balaban J connectivity index is 1.16. The van der Waals surface area contributed by atoms with Crippen molar-refractivity contribution in [1.29, 1.82) is 0 Å². The van der Waals surface area contributed by atoms with Gasteiger partial charge in [0.2, 0.25) is 11.8 Å². The highest BCUT2D eigenvalue weighted by Gasteiger charge is 2.46. The number of rotatable bonds is 9. The van der Waals surface area contributed by atoms with Gasteiger partial charge in [-0.1, -0.05) is 6.07 Å². The number of benzene rings is 1. The van der Waals surface area contributed by atoms with Gasteiger partial charge in [-0.15, -0.1) is 0 Å². The van der Waals surface area contributed by atoms with Gasteiger partial charge in [0, 0.05) is 26.1 Å². The first-order valence-corrected chi connectivity index (χ1v) is 13.6. The molecule has 11 nitrogen and oxygen atoms in total. The lowest BCUT2D eigenvalue weighted by Crippen LogP contribution is -2.54. The Morgan fingerprint density at radius 3 is 2.38 bits per heavy atom. The van der Waals surface area contributed by atoms with E-state index >= 15 is 0 Å². The normalized spacial score (nSPS) is 20.2. The fraction of sp³-hybridized carbons (Fsp3) is 0.607. The van der Waals surface area contributed by atoms with Gasteiger partial charge < -0.3 is 19.1 Å². The van der Waals surface area contributed by atoms with E-state index in [9.17, 15) is 24.0 Å². The number of fused-ring (bicyclic) bond motifs is 1. The molecule has 0 bridgehead atoms. The lowest BCUT2D eigenvalue weighted by molar-refractivity contribution is -0.136. The average molecular weight is 544 g/mol. The molecule has 5 amide bonds. The van der Waals surface area contributed by atoms with Crippen molar-refractivity contribution in [2.24, 2.45) is 0 Å². The molecular formula is C28H37N3O8. The minimum absolute atomic E-state index is 0.0716. The third-order valence-corrected chi connectivity index (χ3v) is 6.92. The fourth-order valence-electron chi connectivity index (χ4n) is 4.95. The first-order chi connectivity index (χ1) is 18.5. The lowest BCUT2D eigenvalue weighted by atomic mass is 10.0. The Morgan fingerprint density at radius 2 is 1.69 bits per heavy atom. The molecule has 0 aliphatic carbocycles. The highest BCUT2D eigenvalue weighted by Crippen LogP contribution is 2.33. The molecule has 3 heterocycles. The number of hydrogen-bond donors (Lipinski definition) is 1. The standard InChI is InChI=1S/C28H37N3O8/c1-28(2,3)39-27(36)30-14-12-18(13-15-30)37-16-5-4-6-17-38-21-9-7-8-19-23(21)26(35)31(25(19)34)20-10-11-22(32)29-24(20)33/h7-9,18,20H,4-6,10-17H2,1-3H3,(H,29,32,33). The second kappa shape index (κ2) is 12.1. The molecule has 1 N–H and O–H groups in total. The fourth-order valence-corrected chi connectivity index (χ4v) is 4.95. The van der Waals surface area contributed by atoms with Crippen molar-refractivity contribution in [2.75, 3.05) is 26.3 Å². The Kier molecular flexibility index (Phi) is 8.89. The van der Waals surface area contributed by atoms with E-state index in [-0.39, 0.29) is 36.2 Å². The van der Waals surface area contributed by atoms with Crippen molar-refractivity contribution >= 4 is 29.7 Å². The maximum atomic E-state index is 13.1. The second-order valence-electron chi connectivity index (χ2n) is 11.1. The van der Waals surface area contributed by atoms with Crippen LogP contribution in [0.1, 0.15) is 86.4 Å². The molecule has 3 aliphatic rings. The summed E-state index contributed by atoms with van der Waals surface area (Å²) < 4.78 is 17.3. The van der Waals surface area contributed by atoms with Gasteiger partial charge >= 0.3 is 6.09 Å². The highest BCUT2D eigenvalue weighted by atomic mass is 16.6. The highest BCUT2D eigenvalue weighted by molar-refractivity contribution is 6.24. The Bertz CT molecular complexity index is 1120. The van der Waals surface area contributed by atoms with Crippen molar-refractivity contribution in [3.8, 4) is 5.75 Å². The van der Waals surface area contributed by atoms with Crippen LogP contribution in [0.2, 0.25) is 0 Å². The Hall–Kier alpha value is -3.47. The maximum Gasteiger partial charge on any atom is 0.410 e. The molecule has 1 aromatic carbocycles. The maximum absolute atomic E-state index is 13.1. The van der Waals surface area contributed by atoms with Gasteiger partial charge in [-0.25, -0.2) is 4.79 Å². The summed E-state index contributed by atoms with van der Waals surface area (Å²) in [4.78, 5) is 64.6. The predicted molar refractivity (Wildman–Crippen MR) is 139 cm³/mol. The molecule has 0 saturated carbocycles. The summed E-state index contributed by atoms with van der Waals surface area (Å²) in [7, 11) is 0. The van der Waals surface area contributed by atoms with Gasteiger partial charge in [0.15, 0.2) is 0 Å². The number of unbranched alkanes of at least 4 members (excludes halogenated alkanes) is 2. The van der Waals surface area contributed by atoms with E-state index in [1.54, 1.807) is 23.1 Å². The van der Waals surface area contributed by atoms with Crippen LogP contribution in [0.4, 0.5) is 4.79 Å². The summed E-state index contributed by atoms with van der Waals surface area (Å²) in [5, 5.41) is 2.20. The smallest absolute Gasteiger partial charge is 0.410 e. The summed E-state index contributed by atoms with van der Waals surface area (Å²) in [6, 6.07) is 3.83. The lowest BCUT2D eigenvalue weighted by Gasteiger charge is -2.33. The first-order valence-electron chi connectivity index (χ1n) is 13.6. The topological polar surface area (TPSA) is 132 Å². The number of carbonyl (C=O) groups is 5. The largest absolute Gasteiger partial charge is 0.493 e. The molecule has 11 heteroatoms. The Labute approximate surface area is 228 Å². The van der Waals surface area contributed by atoms with Gasteiger partial charge in [0.1, 0.15) is 17.4 Å². The van der Waals surface area contributed by atoms with Crippen LogP contribution in [0.5, 0.6) is 5.75 Å². The summed E-state index contributed by atoms with van der Waals surface area (Å²) >= 11 is 0. The number of nitrogens with one attached hydrogen (secondary N) is 1. The molecule has 0 aromatic heterocycles. The number of amides is 5. The SMILES string of the molecule is CC(C)(C)OC(=O)N1CCC(OCCCCCOc2cccc3c2C(=O)N(C2CCC(=O)NC2=O)C3=O)CC1. The van der Waals surface area contributed by atoms with Crippen molar-refractivity contribution in [1.82, 2.24) is 15.1 Å². The zero-order valence-electron chi connectivity index (χ0n) is 22.8. The average Bonchev–Trinajstić information content (AvgIpc) is 3.13. The molecule has 39 heavy (non-hydrogen) atoms. The van der Waals surface area contributed by atoms with Gasteiger partial charge in [-0.2, -0.15) is 0 Å². The van der Waals surface area contributed by atoms with Crippen LogP contribution in [0.25, 0.3) is 0 Å². The van der Waals surface area contributed by atoms with Gasteiger partial charge in [0.05, 0.1) is 23.8 Å². The molecule has 2 fully saturated rings. The van der Waals surface area contributed by atoms with Crippen LogP contribution in [-0.2, 0) is 19.1 Å². The molecule has 0 spiro atoms. The predicted octanol–water partition coefficient (Wildman–Crippen LogP) is 3.05. The summed E-state index contributed by atoms with van der Waals surface area (Å²) in [5.41, 5.74) is -0.140. The minimum Gasteiger partial charge on any atom is -0.493 e. The summed E-state index contributed by atoms with van der Waals surface area (Å²) in [6.07, 6.45) is 4.04. The van der Waals surface area contributed by atoms with Gasteiger partial charge in [-0.05, 0) is 71.4 Å². The summed E-state index contributed by atoms with van der Waals surface area (Å²) in [5.74, 6) is -1.87. The first kappa shape index (κ1) is 28.5. The number of imide groups is 2. The number of hydrogen-bond acceptors (Lipinski definition) is 8. The van der Waals surface area contributed by atoms with E-state index in [0.717, 1.165) is 37.0 Å². The van der Waals surface area contributed by atoms with E-state index in [0.29, 0.717) is 32.1 Å². The van der Waals surface area contributed by atoms with Crippen LogP contribution in [0.3, 0.4) is 0 Å². The molecule has 3 aliphatic heterocycles. The van der Waals surface area contributed by atoms with Crippen molar-refractivity contribution in [3.05, 3.63) is 29.3 Å². The van der Waals surface area contributed by atoms with Gasteiger partial charge in [-0.3, -0.25) is 29.4 Å². The van der Waals surface area contributed by atoms with Crippen LogP contribution in [0, 0.1) is 0 Å². The van der Waals surface area contributed by atoms with E-state index < -0.39 is 35.3 Å². The Morgan fingerprint density at radius 1 is 0.974 bits per heavy atom. The second-order valence-corrected chi connectivity index (χ2v) is 11.1. The quantitative estimate of drug-likeness (QED) is 0.371. The molecule has 2 saturated heterocycles. The number of likely N-dealkylation sites (tertiary alicyclic amines) is 1. The molecule has 212 valence electrons. The van der Waals surface area contributed by atoms with Crippen LogP contribution >= 0.6 is 0 Å². The number of ether oxygens (including phenoxy) is 3. The third kappa shape index (κ3) is 6.95. The van der Waals surface area contributed by atoms with Gasteiger partial charge in [0.25, 0.3) is 11.8 Å².